The second-order valence-electron chi connectivity index (χ2n) is 5.14. The maximum absolute atomic E-state index is 12.4. The van der Waals surface area contributed by atoms with E-state index in [0.29, 0.717) is 17.7 Å². The molecule has 1 N–H and O–H groups in total. The summed E-state index contributed by atoms with van der Waals surface area (Å²) in [6.07, 6.45) is 0.715. The summed E-state index contributed by atoms with van der Waals surface area (Å²) in [5.74, 6) is -0.998. The molecule has 0 amide bonds. The van der Waals surface area contributed by atoms with E-state index in [-0.39, 0.29) is 17.2 Å². The molecule has 1 unspecified atom stereocenters. The smallest absolute Gasteiger partial charge is 0.337 e. The highest BCUT2D eigenvalue weighted by molar-refractivity contribution is 5.90. The van der Waals surface area contributed by atoms with Crippen molar-refractivity contribution in [2.45, 2.75) is 33.2 Å². The van der Waals surface area contributed by atoms with Gasteiger partial charge in [-0.2, -0.15) is 0 Å². The van der Waals surface area contributed by atoms with E-state index >= 15 is 0 Å². The molecule has 1 heterocycles. The summed E-state index contributed by atoms with van der Waals surface area (Å²) >= 11 is 0. The van der Waals surface area contributed by atoms with Crippen molar-refractivity contribution in [3.05, 3.63) is 69.1 Å². The zero-order chi connectivity index (χ0) is 15.6. The zero-order valence-electron chi connectivity index (χ0n) is 12.5. The molecule has 0 spiro atoms. The molecule has 2 aromatic rings. The Balaban J connectivity index is 2.70. The molecular formula is C17H19NO3. The maximum atomic E-state index is 12.4. The van der Waals surface area contributed by atoms with Gasteiger partial charge in [-0.15, -0.1) is 0 Å². The average molecular weight is 285 g/mol. The molecule has 2 rings (SSSR count). The van der Waals surface area contributed by atoms with Gasteiger partial charge in [-0.3, -0.25) is 4.79 Å². The first-order valence-corrected chi connectivity index (χ1v) is 6.98. The second kappa shape index (κ2) is 5.95. The van der Waals surface area contributed by atoms with Crippen molar-refractivity contribution in [3.63, 3.8) is 0 Å². The minimum Gasteiger partial charge on any atom is -0.478 e. The van der Waals surface area contributed by atoms with Crippen LogP contribution in [-0.2, 0) is 0 Å². The van der Waals surface area contributed by atoms with Crippen LogP contribution in [0.3, 0.4) is 0 Å². The number of nitrogens with zero attached hydrogens (tertiary/aromatic N) is 1. The molecule has 0 radical (unpaired) electrons. The standard InChI is InChI=1S/C17H19NO3/c1-4-14(13-8-6-5-7-9-13)18-12(3)16(17(20)21)11(2)10-15(18)19/h5-10,14H,4H2,1-3H3,(H,20,21). The van der Waals surface area contributed by atoms with Gasteiger partial charge in [-0.1, -0.05) is 37.3 Å². The molecule has 0 bridgehead atoms. The second-order valence-corrected chi connectivity index (χ2v) is 5.14. The molecule has 110 valence electrons. The monoisotopic (exact) mass is 285 g/mol. The molecule has 0 fully saturated rings. The molecule has 1 aromatic heterocycles. The Bertz CT molecular complexity index is 717. The van der Waals surface area contributed by atoms with Crippen LogP contribution in [0.1, 0.15) is 46.6 Å². The van der Waals surface area contributed by atoms with Gasteiger partial charge in [0.2, 0.25) is 0 Å². The maximum Gasteiger partial charge on any atom is 0.337 e. The Hall–Kier alpha value is -2.36. The molecule has 4 nitrogen and oxygen atoms in total. The highest BCUT2D eigenvalue weighted by Gasteiger charge is 2.21. The van der Waals surface area contributed by atoms with Crippen LogP contribution in [0, 0.1) is 13.8 Å². The lowest BCUT2D eigenvalue weighted by molar-refractivity contribution is 0.0694. The predicted molar refractivity (Wildman–Crippen MR) is 82.0 cm³/mol. The fraction of sp³-hybridized carbons (Fsp3) is 0.294. The SMILES string of the molecule is CCC(c1ccccc1)n1c(C)c(C(=O)O)c(C)cc1=O. The molecule has 21 heavy (non-hydrogen) atoms. The minimum atomic E-state index is -0.998. The fourth-order valence-corrected chi connectivity index (χ4v) is 2.85. The summed E-state index contributed by atoms with van der Waals surface area (Å²) in [5.41, 5.74) is 2.06. The number of carboxylic acid groups (broad SMARTS) is 1. The van der Waals surface area contributed by atoms with Crippen LogP contribution in [0.25, 0.3) is 0 Å². The fourth-order valence-electron chi connectivity index (χ4n) is 2.85. The van der Waals surface area contributed by atoms with Crippen molar-refractivity contribution < 1.29 is 9.90 Å². The number of hydrogen-bond donors (Lipinski definition) is 1. The van der Waals surface area contributed by atoms with Crippen molar-refractivity contribution >= 4 is 5.97 Å². The molecule has 1 aromatic carbocycles. The van der Waals surface area contributed by atoms with Gasteiger partial charge in [0.05, 0.1) is 11.6 Å². The van der Waals surface area contributed by atoms with Crippen molar-refractivity contribution in [3.8, 4) is 0 Å². The molecule has 0 aliphatic carbocycles. The lowest BCUT2D eigenvalue weighted by atomic mass is 10.0. The third-order valence-corrected chi connectivity index (χ3v) is 3.79. The van der Waals surface area contributed by atoms with Crippen LogP contribution in [0.2, 0.25) is 0 Å². The Morgan fingerprint density at radius 2 is 1.86 bits per heavy atom. The summed E-state index contributed by atoms with van der Waals surface area (Å²) in [5, 5.41) is 9.37. The van der Waals surface area contributed by atoms with E-state index in [4.69, 9.17) is 0 Å². The molecule has 0 aliphatic heterocycles. The Morgan fingerprint density at radius 3 is 2.38 bits per heavy atom. The van der Waals surface area contributed by atoms with E-state index in [9.17, 15) is 14.7 Å². The predicted octanol–water partition coefficient (Wildman–Crippen LogP) is 3.16. The van der Waals surface area contributed by atoms with E-state index in [1.807, 2.05) is 37.3 Å². The minimum absolute atomic E-state index is 0.155. The average Bonchev–Trinajstić information content (AvgIpc) is 2.43. The van der Waals surface area contributed by atoms with Crippen LogP contribution in [0.5, 0.6) is 0 Å². The molecular weight excluding hydrogens is 266 g/mol. The van der Waals surface area contributed by atoms with Crippen LogP contribution < -0.4 is 5.56 Å². The van der Waals surface area contributed by atoms with E-state index < -0.39 is 5.97 Å². The van der Waals surface area contributed by atoms with Gasteiger partial charge in [0.15, 0.2) is 0 Å². The van der Waals surface area contributed by atoms with Gasteiger partial charge < -0.3 is 9.67 Å². The normalized spacial score (nSPS) is 12.1. The first kappa shape index (κ1) is 15.0. The number of aromatic carboxylic acids is 1. The van der Waals surface area contributed by atoms with Gasteiger partial charge in [-0.25, -0.2) is 4.79 Å². The summed E-state index contributed by atoms with van der Waals surface area (Å²) in [6, 6.07) is 10.9. The van der Waals surface area contributed by atoms with Gasteiger partial charge in [0.1, 0.15) is 0 Å². The highest BCUT2D eigenvalue weighted by atomic mass is 16.4. The molecule has 0 aliphatic rings. The number of rotatable bonds is 4. The summed E-state index contributed by atoms with van der Waals surface area (Å²) < 4.78 is 1.59. The largest absolute Gasteiger partial charge is 0.478 e. The Kier molecular flexibility index (Phi) is 4.26. The van der Waals surface area contributed by atoms with Crippen LogP contribution >= 0.6 is 0 Å². The van der Waals surface area contributed by atoms with E-state index in [1.54, 1.807) is 18.4 Å². The van der Waals surface area contributed by atoms with Gasteiger partial charge in [0, 0.05) is 11.8 Å². The van der Waals surface area contributed by atoms with Crippen LogP contribution in [-0.4, -0.2) is 15.6 Å². The summed E-state index contributed by atoms with van der Waals surface area (Å²) in [6.45, 7) is 5.35. The third-order valence-electron chi connectivity index (χ3n) is 3.79. The van der Waals surface area contributed by atoms with Crippen molar-refractivity contribution in [1.82, 2.24) is 4.57 Å². The van der Waals surface area contributed by atoms with Crippen molar-refractivity contribution in [2.24, 2.45) is 0 Å². The zero-order valence-corrected chi connectivity index (χ0v) is 12.5. The van der Waals surface area contributed by atoms with Gasteiger partial charge in [0.25, 0.3) is 5.56 Å². The topological polar surface area (TPSA) is 59.3 Å². The molecule has 4 heteroatoms. The first-order chi connectivity index (χ1) is 9.97. The van der Waals surface area contributed by atoms with Crippen LogP contribution in [0.15, 0.2) is 41.2 Å². The Labute approximate surface area is 123 Å². The number of carbonyl (C=O) groups is 1. The molecule has 1 atom stereocenters. The number of hydrogen-bond acceptors (Lipinski definition) is 2. The first-order valence-electron chi connectivity index (χ1n) is 6.98. The van der Waals surface area contributed by atoms with Gasteiger partial charge >= 0.3 is 5.97 Å². The number of carboxylic acids is 1. The van der Waals surface area contributed by atoms with E-state index in [0.717, 1.165) is 5.56 Å². The van der Waals surface area contributed by atoms with Crippen LogP contribution in [0.4, 0.5) is 0 Å². The Morgan fingerprint density at radius 1 is 1.24 bits per heavy atom. The number of benzene rings is 1. The van der Waals surface area contributed by atoms with Crippen molar-refractivity contribution in [1.29, 1.82) is 0 Å². The quantitative estimate of drug-likeness (QED) is 0.938. The number of aromatic nitrogens is 1. The lowest BCUT2D eigenvalue weighted by Crippen LogP contribution is -2.29. The van der Waals surface area contributed by atoms with E-state index in [1.165, 1.54) is 6.07 Å². The third kappa shape index (κ3) is 2.75. The molecule has 0 saturated heterocycles. The number of pyridine rings is 1. The number of aryl methyl sites for hydroxylation is 1. The molecule has 0 saturated carbocycles. The summed E-state index contributed by atoms with van der Waals surface area (Å²) in [7, 11) is 0. The van der Waals surface area contributed by atoms with E-state index in [2.05, 4.69) is 0 Å². The van der Waals surface area contributed by atoms with Gasteiger partial charge in [-0.05, 0) is 31.4 Å². The lowest BCUT2D eigenvalue weighted by Gasteiger charge is -2.23. The summed E-state index contributed by atoms with van der Waals surface area (Å²) in [4.78, 5) is 23.8. The highest BCUT2D eigenvalue weighted by Crippen LogP contribution is 2.23. The van der Waals surface area contributed by atoms with Crippen molar-refractivity contribution in [2.75, 3.05) is 0 Å².